The molecule has 2 aromatic carbocycles. The van der Waals surface area contributed by atoms with Crippen LogP contribution in [-0.2, 0) is 16.0 Å². The molecule has 0 bridgehead atoms. The maximum Gasteiger partial charge on any atom is 0.331 e. The normalized spacial score (nSPS) is 16.3. The number of piperidine rings is 1. The first-order valence-electron chi connectivity index (χ1n) is 8.90. The molecule has 0 aromatic heterocycles. The van der Waals surface area contributed by atoms with Crippen LogP contribution in [0.1, 0.15) is 18.4 Å². The SMILES string of the molecule is COC(=O)C1(Nc2ccccc2)CCN(CCc2ccccc2)CC1.Cl. The van der Waals surface area contributed by atoms with Crippen molar-refractivity contribution >= 4 is 24.1 Å². The quantitative estimate of drug-likeness (QED) is 0.781. The largest absolute Gasteiger partial charge is 0.467 e. The Bertz CT molecular complexity index is 671. The van der Waals surface area contributed by atoms with Crippen molar-refractivity contribution < 1.29 is 9.53 Å². The molecule has 1 aliphatic rings. The molecule has 1 heterocycles. The van der Waals surface area contributed by atoms with Crippen LogP contribution in [0, 0.1) is 0 Å². The fourth-order valence-electron chi connectivity index (χ4n) is 3.46. The van der Waals surface area contributed by atoms with Crippen molar-refractivity contribution in [2.75, 3.05) is 32.1 Å². The Morgan fingerprint density at radius 1 is 1.04 bits per heavy atom. The molecule has 0 saturated carbocycles. The number of carbonyl (C=O) groups excluding carboxylic acids is 1. The van der Waals surface area contributed by atoms with E-state index in [-0.39, 0.29) is 18.4 Å². The molecule has 4 nitrogen and oxygen atoms in total. The van der Waals surface area contributed by atoms with Gasteiger partial charge in [-0.3, -0.25) is 0 Å². The van der Waals surface area contributed by atoms with Crippen LogP contribution in [0.15, 0.2) is 60.7 Å². The van der Waals surface area contributed by atoms with E-state index in [0.717, 1.165) is 44.6 Å². The highest BCUT2D eigenvalue weighted by Gasteiger charge is 2.42. The molecule has 1 aliphatic heterocycles. The molecular formula is C21H27ClN2O2. The highest BCUT2D eigenvalue weighted by molar-refractivity contribution is 5.85. The van der Waals surface area contributed by atoms with Gasteiger partial charge in [0, 0.05) is 25.3 Å². The molecule has 0 unspecified atom stereocenters. The fourth-order valence-corrected chi connectivity index (χ4v) is 3.46. The van der Waals surface area contributed by atoms with Crippen LogP contribution in [0.2, 0.25) is 0 Å². The van der Waals surface area contributed by atoms with Gasteiger partial charge in [-0.15, -0.1) is 12.4 Å². The van der Waals surface area contributed by atoms with Gasteiger partial charge in [0.1, 0.15) is 5.54 Å². The van der Waals surface area contributed by atoms with Crippen molar-refractivity contribution in [3.05, 3.63) is 66.2 Å². The number of ether oxygens (including phenoxy) is 1. The lowest BCUT2D eigenvalue weighted by molar-refractivity contribution is -0.147. The van der Waals surface area contributed by atoms with Gasteiger partial charge in [0.05, 0.1) is 7.11 Å². The number of hydrogen-bond donors (Lipinski definition) is 1. The Morgan fingerprint density at radius 2 is 1.62 bits per heavy atom. The van der Waals surface area contributed by atoms with Crippen molar-refractivity contribution in [3.8, 4) is 0 Å². The molecule has 1 fully saturated rings. The Kier molecular flexibility index (Phi) is 7.49. The van der Waals surface area contributed by atoms with Crippen LogP contribution in [0.25, 0.3) is 0 Å². The summed E-state index contributed by atoms with van der Waals surface area (Å²) in [4.78, 5) is 14.9. The summed E-state index contributed by atoms with van der Waals surface area (Å²) in [5, 5.41) is 3.44. The summed E-state index contributed by atoms with van der Waals surface area (Å²) in [6, 6.07) is 20.4. The third kappa shape index (κ3) is 4.99. The number of nitrogens with zero attached hydrogens (tertiary/aromatic N) is 1. The van der Waals surface area contributed by atoms with E-state index in [1.807, 2.05) is 36.4 Å². The lowest BCUT2D eigenvalue weighted by Gasteiger charge is -2.40. The van der Waals surface area contributed by atoms with E-state index in [1.165, 1.54) is 12.7 Å². The molecule has 26 heavy (non-hydrogen) atoms. The molecule has 0 aliphatic carbocycles. The highest BCUT2D eigenvalue weighted by atomic mass is 35.5. The monoisotopic (exact) mass is 374 g/mol. The maximum atomic E-state index is 12.5. The Balaban J connectivity index is 0.00000243. The minimum Gasteiger partial charge on any atom is -0.467 e. The summed E-state index contributed by atoms with van der Waals surface area (Å²) in [6.07, 6.45) is 2.55. The minimum absolute atomic E-state index is 0. The number of carbonyl (C=O) groups is 1. The zero-order valence-electron chi connectivity index (χ0n) is 15.2. The highest BCUT2D eigenvalue weighted by Crippen LogP contribution is 2.28. The van der Waals surface area contributed by atoms with Crippen molar-refractivity contribution in [2.24, 2.45) is 0 Å². The number of methoxy groups -OCH3 is 1. The molecule has 3 rings (SSSR count). The zero-order valence-corrected chi connectivity index (χ0v) is 16.0. The number of para-hydroxylation sites is 1. The first kappa shape index (κ1) is 20.3. The van der Waals surface area contributed by atoms with Crippen LogP contribution >= 0.6 is 12.4 Å². The van der Waals surface area contributed by atoms with Crippen molar-refractivity contribution in [1.82, 2.24) is 4.90 Å². The summed E-state index contributed by atoms with van der Waals surface area (Å²) >= 11 is 0. The zero-order chi connectivity index (χ0) is 17.5. The first-order chi connectivity index (χ1) is 12.2. The van der Waals surface area contributed by atoms with Crippen molar-refractivity contribution in [2.45, 2.75) is 24.8 Å². The number of esters is 1. The summed E-state index contributed by atoms with van der Waals surface area (Å²) in [6.45, 7) is 2.80. The molecule has 140 valence electrons. The smallest absolute Gasteiger partial charge is 0.331 e. The van der Waals surface area contributed by atoms with Crippen molar-refractivity contribution in [1.29, 1.82) is 0 Å². The number of anilines is 1. The number of hydrogen-bond acceptors (Lipinski definition) is 4. The molecule has 1 saturated heterocycles. The van der Waals surface area contributed by atoms with E-state index in [4.69, 9.17) is 4.74 Å². The molecule has 2 aromatic rings. The Labute approximate surface area is 162 Å². The lowest BCUT2D eigenvalue weighted by Crippen LogP contribution is -2.55. The van der Waals surface area contributed by atoms with Gasteiger partial charge < -0.3 is 15.0 Å². The second-order valence-corrected chi connectivity index (χ2v) is 6.64. The van der Waals surface area contributed by atoms with Crippen molar-refractivity contribution in [3.63, 3.8) is 0 Å². The van der Waals surface area contributed by atoms with E-state index in [0.29, 0.717) is 0 Å². The number of nitrogens with one attached hydrogen (secondary N) is 1. The predicted molar refractivity (Wildman–Crippen MR) is 108 cm³/mol. The van der Waals surface area contributed by atoms with Crippen LogP contribution in [0.4, 0.5) is 5.69 Å². The summed E-state index contributed by atoms with van der Waals surface area (Å²) in [7, 11) is 1.47. The standard InChI is InChI=1S/C21H26N2O2.ClH/c1-25-20(24)21(22-19-10-6-3-7-11-19)13-16-23(17-14-21)15-12-18-8-4-2-5-9-18;/h2-11,22H,12-17H2,1H3;1H. The van der Waals surface area contributed by atoms with Crippen LogP contribution in [-0.4, -0.2) is 43.2 Å². The molecule has 0 radical (unpaired) electrons. The van der Waals surface area contributed by atoms with Crippen LogP contribution in [0.5, 0.6) is 0 Å². The van der Waals surface area contributed by atoms with E-state index >= 15 is 0 Å². The van der Waals surface area contributed by atoms with Gasteiger partial charge in [-0.25, -0.2) is 4.79 Å². The molecule has 5 heteroatoms. The number of rotatable bonds is 6. The summed E-state index contributed by atoms with van der Waals surface area (Å²) in [5.74, 6) is -0.168. The average molecular weight is 375 g/mol. The predicted octanol–water partition coefficient (Wildman–Crippen LogP) is 3.77. The minimum atomic E-state index is -0.626. The van der Waals surface area contributed by atoms with Gasteiger partial charge in [0.15, 0.2) is 0 Å². The van der Waals surface area contributed by atoms with Gasteiger partial charge >= 0.3 is 5.97 Å². The second-order valence-electron chi connectivity index (χ2n) is 6.64. The van der Waals surface area contributed by atoms with Gasteiger partial charge in [0.2, 0.25) is 0 Å². The summed E-state index contributed by atoms with van der Waals surface area (Å²) in [5.41, 5.74) is 1.69. The molecule has 0 amide bonds. The molecule has 0 atom stereocenters. The third-order valence-electron chi connectivity index (χ3n) is 5.00. The van der Waals surface area contributed by atoms with Crippen LogP contribution < -0.4 is 5.32 Å². The van der Waals surface area contributed by atoms with E-state index in [1.54, 1.807) is 0 Å². The number of benzene rings is 2. The first-order valence-corrected chi connectivity index (χ1v) is 8.90. The lowest BCUT2D eigenvalue weighted by atomic mass is 9.86. The van der Waals surface area contributed by atoms with Gasteiger partial charge in [-0.2, -0.15) is 0 Å². The molecule has 0 spiro atoms. The Morgan fingerprint density at radius 3 is 2.19 bits per heavy atom. The van der Waals surface area contributed by atoms with Gasteiger partial charge in [-0.1, -0.05) is 48.5 Å². The fraction of sp³-hybridized carbons (Fsp3) is 0.381. The second kappa shape index (κ2) is 9.60. The maximum absolute atomic E-state index is 12.5. The third-order valence-corrected chi connectivity index (χ3v) is 5.00. The topological polar surface area (TPSA) is 41.6 Å². The van der Waals surface area contributed by atoms with E-state index in [2.05, 4.69) is 34.5 Å². The number of halogens is 1. The Hall–Kier alpha value is -2.04. The molecule has 1 N–H and O–H groups in total. The van der Waals surface area contributed by atoms with Gasteiger partial charge in [-0.05, 0) is 37.0 Å². The molecular weight excluding hydrogens is 348 g/mol. The van der Waals surface area contributed by atoms with Crippen LogP contribution in [0.3, 0.4) is 0 Å². The average Bonchev–Trinajstić information content (AvgIpc) is 2.68. The van der Waals surface area contributed by atoms with Gasteiger partial charge in [0.25, 0.3) is 0 Å². The number of likely N-dealkylation sites (tertiary alicyclic amines) is 1. The van der Waals surface area contributed by atoms with E-state index < -0.39 is 5.54 Å². The summed E-state index contributed by atoms with van der Waals surface area (Å²) < 4.78 is 5.11. The van der Waals surface area contributed by atoms with E-state index in [9.17, 15) is 4.79 Å².